The van der Waals surface area contributed by atoms with Gasteiger partial charge in [0, 0.05) is 18.0 Å². The van der Waals surface area contributed by atoms with E-state index in [0.717, 1.165) is 4.90 Å². The summed E-state index contributed by atoms with van der Waals surface area (Å²) >= 11 is 0. The number of benzene rings is 1. The van der Waals surface area contributed by atoms with Crippen LogP contribution in [0.4, 0.5) is 0 Å². The molecule has 2 heterocycles. The van der Waals surface area contributed by atoms with Crippen LogP contribution < -0.4 is 0 Å². The Bertz CT molecular complexity index is 877. The SMILES string of the molecule is COC(=O)CN1C(=O)C(=O)C(=C(O)c2ccccc2)[C@@H]1c1cccnc1. The van der Waals surface area contributed by atoms with Gasteiger partial charge >= 0.3 is 5.97 Å². The van der Waals surface area contributed by atoms with E-state index in [1.165, 1.54) is 13.3 Å². The second kappa shape index (κ2) is 7.18. The predicted molar refractivity (Wildman–Crippen MR) is 91.7 cm³/mol. The summed E-state index contributed by atoms with van der Waals surface area (Å²) in [7, 11) is 1.20. The van der Waals surface area contributed by atoms with Gasteiger partial charge in [-0.15, -0.1) is 0 Å². The average Bonchev–Trinajstić information content (AvgIpc) is 2.93. The zero-order valence-electron chi connectivity index (χ0n) is 14.0. The number of likely N-dealkylation sites (tertiary alicyclic amines) is 1. The number of aromatic nitrogens is 1. The summed E-state index contributed by atoms with van der Waals surface area (Å²) in [6.45, 7) is -0.411. The lowest BCUT2D eigenvalue weighted by atomic mass is 9.96. The maximum atomic E-state index is 12.6. The summed E-state index contributed by atoms with van der Waals surface area (Å²) < 4.78 is 4.62. The van der Waals surface area contributed by atoms with Crippen molar-refractivity contribution in [1.29, 1.82) is 0 Å². The van der Waals surface area contributed by atoms with Gasteiger partial charge in [0.05, 0.1) is 18.7 Å². The normalized spacial score (nSPS) is 18.8. The summed E-state index contributed by atoms with van der Waals surface area (Å²) in [5.41, 5.74) is 0.823. The second-order valence-corrected chi connectivity index (χ2v) is 5.66. The van der Waals surface area contributed by atoms with E-state index in [0.29, 0.717) is 11.1 Å². The topological polar surface area (TPSA) is 96.8 Å². The average molecular weight is 352 g/mol. The summed E-state index contributed by atoms with van der Waals surface area (Å²) in [6.07, 6.45) is 3.03. The zero-order chi connectivity index (χ0) is 18.7. The molecule has 2 aromatic rings. The van der Waals surface area contributed by atoms with Gasteiger partial charge in [-0.05, 0) is 11.6 Å². The van der Waals surface area contributed by atoms with Crippen LogP contribution in [0, 0.1) is 0 Å². The first-order valence-electron chi connectivity index (χ1n) is 7.85. The first-order valence-corrected chi connectivity index (χ1v) is 7.85. The van der Waals surface area contributed by atoms with Crippen LogP contribution in [0.1, 0.15) is 17.2 Å². The summed E-state index contributed by atoms with van der Waals surface area (Å²) in [4.78, 5) is 41.9. The van der Waals surface area contributed by atoms with Gasteiger partial charge < -0.3 is 14.7 Å². The number of methoxy groups -OCH3 is 1. The Morgan fingerprint density at radius 1 is 1.19 bits per heavy atom. The maximum absolute atomic E-state index is 12.6. The van der Waals surface area contributed by atoms with Gasteiger partial charge in [-0.1, -0.05) is 36.4 Å². The van der Waals surface area contributed by atoms with Gasteiger partial charge in [0.1, 0.15) is 12.3 Å². The third kappa shape index (κ3) is 3.06. The minimum absolute atomic E-state index is 0.0851. The number of esters is 1. The van der Waals surface area contributed by atoms with Crippen molar-refractivity contribution in [2.75, 3.05) is 13.7 Å². The van der Waals surface area contributed by atoms with Gasteiger partial charge in [-0.3, -0.25) is 19.4 Å². The van der Waals surface area contributed by atoms with Gasteiger partial charge in [0.2, 0.25) is 0 Å². The van der Waals surface area contributed by atoms with Gasteiger partial charge in [-0.2, -0.15) is 0 Å². The lowest BCUT2D eigenvalue weighted by Crippen LogP contribution is -2.35. The molecule has 3 rings (SSSR count). The molecule has 7 nitrogen and oxygen atoms in total. The zero-order valence-corrected chi connectivity index (χ0v) is 14.0. The number of ketones is 1. The number of carbonyl (C=O) groups is 3. The van der Waals surface area contributed by atoms with Crippen LogP contribution in [-0.2, 0) is 19.1 Å². The number of rotatable bonds is 4. The fourth-order valence-corrected chi connectivity index (χ4v) is 2.88. The Balaban J connectivity index is 2.16. The van der Waals surface area contributed by atoms with Crippen LogP contribution in [-0.4, -0.2) is 46.3 Å². The number of pyridine rings is 1. The largest absolute Gasteiger partial charge is 0.507 e. The smallest absolute Gasteiger partial charge is 0.325 e. The van der Waals surface area contributed by atoms with E-state index in [1.54, 1.807) is 48.7 Å². The van der Waals surface area contributed by atoms with Crippen LogP contribution in [0.2, 0.25) is 0 Å². The predicted octanol–water partition coefficient (Wildman–Crippen LogP) is 1.68. The lowest BCUT2D eigenvalue weighted by molar-refractivity contribution is -0.148. The monoisotopic (exact) mass is 352 g/mol. The Hall–Kier alpha value is -3.48. The van der Waals surface area contributed by atoms with E-state index in [1.807, 2.05) is 0 Å². The standard InChI is InChI=1S/C19H16N2O5/c1-26-14(22)11-21-16(13-8-5-9-20-10-13)15(18(24)19(21)25)17(23)12-6-3-2-4-7-12/h2-10,16,23H,11H2,1H3/t16-/m0/s1. The summed E-state index contributed by atoms with van der Waals surface area (Å²) in [5, 5.41) is 10.7. The molecule has 1 amide bonds. The molecule has 7 heteroatoms. The molecule has 1 saturated heterocycles. The van der Waals surface area contributed by atoms with E-state index >= 15 is 0 Å². The molecular formula is C19H16N2O5. The molecule has 0 unspecified atom stereocenters. The molecule has 1 aliphatic heterocycles. The van der Waals surface area contributed by atoms with E-state index in [9.17, 15) is 19.5 Å². The van der Waals surface area contributed by atoms with Crippen LogP contribution in [0.3, 0.4) is 0 Å². The van der Waals surface area contributed by atoms with Crippen molar-refractivity contribution in [2.24, 2.45) is 0 Å². The number of carbonyl (C=O) groups excluding carboxylic acids is 3. The fourth-order valence-electron chi connectivity index (χ4n) is 2.88. The number of hydrogen-bond acceptors (Lipinski definition) is 6. The Kier molecular flexibility index (Phi) is 4.79. The first-order chi connectivity index (χ1) is 12.5. The first kappa shape index (κ1) is 17.3. The molecule has 1 aromatic carbocycles. The van der Waals surface area contributed by atoms with Gasteiger partial charge in [0.25, 0.3) is 11.7 Å². The summed E-state index contributed by atoms with van der Waals surface area (Å²) in [5.74, 6) is -2.70. The minimum Gasteiger partial charge on any atom is -0.507 e. The Labute approximate surface area is 149 Å². The van der Waals surface area contributed by atoms with Gasteiger partial charge in [-0.25, -0.2) is 0 Å². The van der Waals surface area contributed by atoms with E-state index in [2.05, 4.69) is 9.72 Å². The molecule has 0 spiro atoms. The number of amides is 1. The highest BCUT2D eigenvalue weighted by Crippen LogP contribution is 2.38. The molecular weight excluding hydrogens is 336 g/mol. The third-order valence-corrected chi connectivity index (χ3v) is 4.11. The molecule has 0 radical (unpaired) electrons. The van der Waals surface area contributed by atoms with Crippen molar-refractivity contribution in [1.82, 2.24) is 9.88 Å². The molecule has 0 saturated carbocycles. The Morgan fingerprint density at radius 2 is 1.92 bits per heavy atom. The third-order valence-electron chi connectivity index (χ3n) is 4.11. The van der Waals surface area contributed by atoms with Crippen LogP contribution in [0.25, 0.3) is 5.76 Å². The maximum Gasteiger partial charge on any atom is 0.325 e. The molecule has 1 fully saturated rings. The van der Waals surface area contributed by atoms with E-state index in [4.69, 9.17) is 0 Å². The number of aliphatic hydroxyl groups is 1. The van der Waals surface area contributed by atoms with Crippen molar-refractivity contribution >= 4 is 23.4 Å². The molecule has 1 atom stereocenters. The highest BCUT2D eigenvalue weighted by atomic mass is 16.5. The fraction of sp³-hybridized carbons (Fsp3) is 0.158. The van der Waals surface area contributed by atoms with E-state index < -0.39 is 30.2 Å². The van der Waals surface area contributed by atoms with Crippen molar-refractivity contribution in [3.8, 4) is 0 Å². The number of ether oxygens (including phenoxy) is 1. The van der Waals surface area contributed by atoms with Crippen LogP contribution >= 0.6 is 0 Å². The van der Waals surface area contributed by atoms with Gasteiger partial charge in [0.15, 0.2) is 0 Å². The Morgan fingerprint density at radius 3 is 2.54 bits per heavy atom. The number of hydrogen-bond donors (Lipinski definition) is 1. The minimum atomic E-state index is -0.928. The molecule has 0 bridgehead atoms. The lowest BCUT2D eigenvalue weighted by Gasteiger charge is -2.23. The van der Waals surface area contributed by atoms with Crippen molar-refractivity contribution in [2.45, 2.75) is 6.04 Å². The highest BCUT2D eigenvalue weighted by molar-refractivity contribution is 6.46. The molecule has 0 aliphatic carbocycles. The molecule has 1 aromatic heterocycles. The molecule has 1 N–H and O–H groups in total. The molecule has 1 aliphatic rings. The van der Waals surface area contributed by atoms with Crippen LogP contribution in [0.5, 0.6) is 0 Å². The molecule has 132 valence electrons. The van der Waals surface area contributed by atoms with Crippen molar-refractivity contribution in [3.63, 3.8) is 0 Å². The number of aliphatic hydroxyl groups excluding tert-OH is 1. The second-order valence-electron chi connectivity index (χ2n) is 5.66. The van der Waals surface area contributed by atoms with Crippen LogP contribution in [0.15, 0.2) is 60.4 Å². The quantitative estimate of drug-likeness (QED) is 0.389. The number of Topliss-reactive ketones (excluding diaryl/α,β-unsaturated/α-hetero) is 1. The van der Waals surface area contributed by atoms with E-state index in [-0.39, 0.29) is 11.3 Å². The van der Waals surface area contributed by atoms with Crippen molar-refractivity contribution in [3.05, 3.63) is 71.6 Å². The number of nitrogens with zero attached hydrogens (tertiary/aromatic N) is 2. The highest BCUT2D eigenvalue weighted by Gasteiger charge is 2.47. The van der Waals surface area contributed by atoms with Crippen molar-refractivity contribution < 1.29 is 24.2 Å². The summed E-state index contributed by atoms with van der Waals surface area (Å²) in [6, 6.07) is 10.8. The molecule has 26 heavy (non-hydrogen) atoms.